The molecule has 1 heterocycles. The first-order valence-electron chi connectivity index (χ1n) is 8.30. The summed E-state index contributed by atoms with van der Waals surface area (Å²) in [4.78, 5) is 16.2. The van der Waals surface area contributed by atoms with Gasteiger partial charge in [0.05, 0.1) is 23.6 Å². The second kappa shape index (κ2) is 7.67. The van der Waals surface area contributed by atoms with Gasteiger partial charge in [-0.15, -0.1) is 0 Å². The zero-order chi connectivity index (χ0) is 20.5. The molecule has 0 saturated carbocycles. The Hall–Kier alpha value is -2.80. The Balaban J connectivity index is 1.80. The lowest BCUT2D eigenvalue weighted by Crippen LogP contribution is -2.20. The van der Waals surface area contributed by atoms with Crippen molar-refractivity contribution in [3.8, 4) is 5.75 Å². The Kier molecular flexibility index (Phi) is 5.47. The van der Waals surface area contributed by atoms with Crippen molar-refractivity contribution in [2.24, 2.45) is 0 Å². The van der Waals surface area contributed by atoms with E-state index in [1.165, 1.54) is 0 Å². The quantitative estimate of drug-likeness (QED) is 0.606. The Labute approximate surface area is 164 Å². The predicted molar refractivity (Wildman–Crippen MR) is 102 cm³/mol. The minimum atomic E-state index is -4.56. The fraction of sp³-hybridized carbons (Fsp3) is 0.200. The Bertz CT molecular complexity index is 1040. The van der Waals surface area contributed by atoms with E-state index in [1.54, 1.807) is 14.0 Å². The molecule has 28 heavy (non-hydrogen) atoms. The Morgan fingerprint density at radius 2 is 1.82 bits per heavy atom. The molecule has 3 rings (SSSR count). The van der Waals surface area contributed by atoms with Gasteiger partial charge in [0.15, 0.2) is 5.82 Å². The molecule has 0 spiro atoms. The number of alkyl halides is 3. The molecule has 1 atom stereocenters. The number of ether oxygens (including phenoxy) is 1. The second-order valence-corrected chi connectivity index (χ2v) is 6.64. The van der Waals surface area contributed by atoms with Crippen LogP contribution in [0.25, 0.3) is 10.8 Å². The number of rotatable bonds is 4. The van der Waals surface area contributed by atoms with Gasteiger partial charge in [0.2, 0.25) is 5.91 Å². The third kappa shape index (κ3) is 4.20. The molecule has 0 bridgehead atoms. The molecule has 0 fully saturated rings. The summed E-state index contributed by atoms with van der Waals surface area (Å²) < 4.78 is 43.3. The van der Waals surface area contributed by atoms with E-state index in [2.05, 4.69) is 10.3 Å². The van der Waals surface area contributed by atoms with E-state index < -0.39 is 23.6 Å². The number of benzene rings is 2. The van der Waals surface area contributed by atoms with Crippen molar-refractivity contribution in [2.75, 3.05) is 12.4 Å². The molecule has 1 aromatic heterocycles. The van der Waals surface area contributed by atoms with E-state index in [0.717, 1.165) is 28.2 Å². The number of anilines is 1. The molecule has 0 aliphatic heterocycles. The standard InChI is InChI=1S/C20H16ClF3N2O2/c1-11(12-3-4-14-8-16(28-2)6-5-13(14)7-12)19(27)26-18-17(21)9-15(10-25-18)20(22,23)24/h3-11H,1-2H3,(H,25,26,27)/t11-/m0/s1. The first-order chi connectivity index (χ1) is 13.2. The number of aromatic nitrogens is 1. The molecule has 8 heteroatoms. The number of carbonyl (C=O) groups excluding carboxylic acids is 1. The summed E-state index contributed by atoms with van der Waals surface area (Å²) in [5.74, 6) is -0.375. The van der Waals surface area contributed by atoms with Gasteiger partial charge < -0.3 is 10.1 Å². The van der Waals surface area contributed by atoms with E-state index in [1.807, 2.05) is 36.4 Å². The van der Waals surface area contributed by atoms with Crippen molar-refractivity contribution >= 4 is 34.1 Å². The number of nitrogens with zero attached hydrogens (tertiary/aromatic N) is 1. The smallest absolute Gasteiger partial charge is 0.417 e. The number of methoxy groups -OCH3 is 1. The lowest BCUT2D eigenvalue weighted by atomic mass is 9.97. The largest absolute Gasteiger partial charge is 0.497 e. The van der Waals surface area contributed by atoms with E-state index in [-0.39, 0.29) is 10.8 Å². The van der Waals surface area contributed by atoms with E-state index >= 15 is 0 Å². The van der Waals surface area contributed by atoms with Crippen molar-refractivity contribution < 1.29 is 22.7 Å². The maximum Gasteiger partial charge on any atom is 0.417 e. The molecular weight excluding hydrogens is 393 g/mol. The zero-order valence-electron chi connectivity index (χ0n) is 15.0. The average Bonchev–Trinajstić information content (AvgIpc) is 2.67. The van der Waals surface area contributed by atoms with Crippen LogP contribution in [0.15, 0.2) is 48.7 Å². The van der Waals surface area contributed by atoms with Gasteiger partial charge in [-0.25, -0.2) is 4.98 Å². The second-order valence-electron chi connectivity index (χ2n) is 6.24. The third-order valence-corrected chi connectivity index (χ3v) is 4.66. The summed E-state index contributed by atoms with van der Waals surface area (Å²) >= 11 is 5.85. The van der Waals surface area contributed by atoms with Gasteiger partial charge >= 0.3 is 6.18 Å². The average molecular weight is 409 g/mol. The highest BCUT2D eigenvalue weighted by Gasteiger charge is 2.31. The summed E-state index contributed by atoms with van der Waals surface area (Å²) in [5, 5.41) is 4.10. The van der Waals surface area contributed by atoms with Crippen LogP contribution >= 0.6 is 11.6 Å². The Morgan fingerprint density at radius 1 is 1.14 bits per heavy atom. The molecule has 2 aromatic carbocycles. The summed E-state index contributed by atoms with van der Waals surface area (Å²) in [6.07, 6.45) is -3.92. The van der Waals surface area contributed by atoms with Crippen LogP contribution in [-0.2, 0) is 11.0 Å². The van der Waals surface area contributed by atoms with Gasteiger partial charge in [0.25, 0.3) is 0 Å². The van der Waals surface area contributed by atoms with Crippen molar-refractivity contribution in [1.82, 2.24) is 4.98 Å². The van der Waals surface area contributed by atoms with Crippen molar-refractivity contribution in [3.63, 3.8) is 0 Å². The van der Waals surface area contributed by atoms with Gasteiger partial charge in [-0.3, -0.25) is 4.79 Å². The molecule has 3 aromatic rings. The van der Waals surface area contributed by atoms with Crippen LogP contribution in [0.4, 0.5) is 19.0 Å². The molecule has 1 amide bonds. The fourth-order valence-electron chi connectivity index (χ4n) is 2.70. The van der Waals surface area contributed by atoms with E-state index in [0.29, 0.717) is 6.20 Å². The Morgan fingerprint density at radius 3 is 2.46 bits per heavy atom. The van der Waals surface area contributed by atoms with Crippen LogP contribution in [0.5, 0.6) is 5.75 Å². The van der Waals surface area contributed by atoms with Gasteiger partial charge in [-0.05, 0) is 41.5 Å². The molecule has 0 aliphatic rings. The highest BCUT2D eigenvalue weighted by atomic mass is 35.5. The first kappa shape index (κ1) is 19.9. The fourth-order valence-corrected chi connectivity index (χ4v) is 2.91. The molecule has 1 N–H and O–H groups in total. The minimum absolute atomic E-state index is 0.114. The summed E-state index contributed by atoms with van der Waals surface area (Å²) in [6.45, 7) is 1.69. The number of hydrogen-bond donors (Lipinski definition) is 1. The molecule has 146 valence electrons. The molecular formula is C20H16ClF3N2O2. The lowest BCUT2D eigenvalue weighted by Gasteiger charge is -2.15. The number of nitrogens with one attached hydrogen (secondary N) is 1. The van der Waals surface area contributed by atoms with Crippen molar-refractivity contribution in [3.05, 3.63) is 64.8 Å². The van der Waals surface area contributed by atoms with Crippen molar-refractivity contribution in [1.29, 1.82) is 0 Å². The molecule has 0 aliphatic carbocycles. The van der Waals surface area contributed by atoms with Crippen LogP contribution in [0.1, 0.15) is 24.0 Å². The van der Waals surface area contributed by atoms with Gasteiger partial charge in [0.1, 0.15) is 5.75 Å². The van der Waals surface area contributed by atoms with Gasteiger partial charge in [-0.1, -0.05) is 35.9 Å². The van der Waals surface area contributed by atoms with E-state index in [9.17, 15) is 18.0 Å². The normalized spacial score (nSPS) is 12.6. The van der Waals surface area contributed by atoms with Crippen LogP contribution in [0.3, 0.4) is 0 Å². The first-order valence-corrected chi connectivity index (χ1v) is 8.68. The summed E-state index contributed by atoms with van der Waals surface area (Å²) in [5.41, 5.74) is -0.230. The summed E-state index contributed by atoms with van der Waals surface area (Å²) in [7, 11) is 1.59. The zero-order valence-corrected chi connectivity index (χ0v) is 15.7. The van der Waals surface area contributed by atoms with Crippen LogP contribution in [-0.4, -0.2) is 18.0 Å². The third-order valence-electron chi connectivity index (χ3n) is 4.37. The number of carbonyl (C=O) groups is 1. The van der Waals surface area contributed by atoms with Crippen LogP contribution in [0.2, 0.25) is 5.02 Å². The molecule has 4 nitrogen and oxygen atoms in total. The van der Waals surface area contributed by atoms with Crippen LogP contribution < -0.4 is 10.1 Å². The van der Waals surface area contributed by atoms with Crippen LogP contribution in [0, 0.1) is 0 Å². The lowest BCUT2D eigenvalue weighted by molar-refractivity contribution is -0.137. The maximum atomic E-state index is 12.7. The molecule has 0 radical (unpaired) electrons. The number of pyridine rings is 1. The SMILES string of the molecule is COc1ccc2cc([C@H](C)C(=O)Nc3ncc(C(F)(F)F)cc3Cl)ccc2c1. The van der Waals surface area contributed by atoms with Crippen molar-refractivity contribution in [2.45, 2.75) is 19.0 Å². The maximum absolute atomic E-state index is 12.7. The number of amides is 1. The number of fused-ring (bicyclic) bond motifs is 1. The van der Waals surface area contributed by atoms with Gasteiger partial charge in [0, 0.05) is 6.20 Å². The van der Waals surface area contributed by atoms with E-state index in [4.69, 9.17) is 16.3 Å². The molecule has 0 unspecified atom stereocenters. The monoisotopic (exact) mass is 408 g/mol. The predicted octanol–water partition coefficient (Wildman–Crippen LogP) is 5.66. The summed E-state index contributed by atoms with van der Waals surface area (Å²) in [6, 6.07) is 11.9. The topological polar surface area (TPSA) is 51.2 Å². The highest BCUT2D eigenvalue weighted by Crippen LogP contribution is 2.33. The van der Waals surface area contributed by atoms with Gasteiger partial charge in [-0.2, -0.15) is 13.2 Å². The highest BCUT2D eigenvalue weighted by molar-refractivity contribution is 6.33. The number of hydrogen-bond acceptors (Lipinski definition) is 3. The number of halogens is 4. The molecule has 0 saturated heterocycles. The minimum Gasteiger partial charge on any atom is -0.497 e.